The first-order chi connectivity index (χ1) is 15.4. The minimum atomic E-state index is -0.985. The predicted molar refractivity (Wildman–Crippen MR) is 128 cm³/mol. The molecule has 0 bridgehead atoms. The van der Waals surface area contributed by atoms with Crippen LogP contribution in [0, 0.1) is 18.3 Å². The van der Waals surface area contributed by atoms with Crippen LogP contribution in [0.15, 0.2) is 65.1 Å². The Balaban J connectivity index is 1.90. The summed E-state index contributed by atoms with van der Waals surface area (Å²) in [5, 5.41) is 18.8. The molecule has 0 fully saturated rings. The lowest BCUT2D eigenvalue weighted by atomic mass is 10.0. The van der Waals surface area contributed by atoms with E-state index in [0.29, 0.717) is 28.2 Å². The van der Waals surface area contributed by atoms with Crippen LogP contribution < -0.4 is 9.47 Å². The van der Waals surface area contributed by atoms with E-state index in [0.717, 1.165) is 22.3 Å². The van der Waals surface area contributed by atoms with E-state index in [1.807, 2.05) is 50.2 Å². The predicted octanol–water partition coefficient (Wildman–Crippen LogP) is 6.50. The van der Waals surface area contributed by atoms with Gasteiger partial charge in [-0.3, -0.25) is 0 Å². The first-order valence-electron chi connectivity index (χ1n) is 10.0. The average molecular weight is 492 g/mol. The Kier molecular flexibility index (Phi) is 7.69. The highest BCUT2D eigenvalue weighted by molar-refractivity contribution is 9.10. The van der Waals surface area contributed by atoms with E-state index in [4.69, 9.17) is 9.47 Å². The van der Waals surface area contributed by atoms with E-state index >= 15 is 0 Å². The summed E-state index contributed by atoms with van der Waals surface area (Å²) in [7, 11) is 0. The van der Waals surface area contributed by atoms with Crippen LogP contribution in [0.2, 0.25) is 0 Å². The lowest BCUT2D eigenvalue weighted by Crippen LogP contribution is -2.03. The fourth-order valence-corrected chi connectivity index (χ4v) is 3.68. The summed E-state index contributed by atoms with van der Waals surface area (Å²) in [6.45, 7) is 4.50. The van der Waals surface area contributed by atoms with Gasteiger partial charge in [0.15, 0.2) is 11.5 Å². The molecule has 3 rings (SSSR count). The molecule has 3 aromatic carbocycles. The van der Waals surface area contributed by atoms with Gasteiger partial charge in [0.05, 0.1) is 28.3 Å². The molecule has 0 atom stereocenters. The molecule has 0 spiro atoms. The Hall–Kier alpha value is -3.56. The number of ether oxygens (including phenoxy) is 2. The van der Waals surface area contributed by atoms with Crippen molar-refractivity contribution in [3.63, 3.8) is 0 Å². The zero-order chi connectivity index (χ0) is 23.1. The van der Waals surface area contributed by atoms with E-state index in [1.54, 1.807) is 24.3 Å². The number of nitriles is 1. The molecule has 0 radical (unpaired) electrons. The van der Waals surface area contributed by atoms with Crippen molar-refractivity contribution in [2.75, 3.05) is 6.61 Å². The molecule has 0 aliphatic rings. The minimum Gasteiger partial charge on any atom is -0.490 e. The number of hydrogen-bond donors (Lipinski definition) is 1. The summed E-state index contributed by atoms with van der Waals surface area (Å²) in [6.07, 6.45) is 1.80. The highest BCUT2D eigenvalue weighted by Crippen LogP contribution is 2.38. The van der Waals surface area contributed by atoms with Gasteiger partial charge in [0, 0.05) is 0 Å². The molecule has 0 aliphatic heterocycles. The third-order valence-electron chi connectivity index (χ3n) is 4.68. The van der Waals surface area contributed by atoms with Crippen LogP contribution in [0.4, 0.5) is 0 Å². The van der Waals surface area contributed by atoms with Crippen molar-refractivity contribution >= 4 is 33.5 Å². The van der Waals surface area contributed by atoms with Gasteiger partial charge in [-0.2, -0.15) is 5.26 Å². The first-order valence-corrected chi connectivity index (χ1v) is 10.8. The van der Waals surface area contributed by atoms with Crippen molar-refractivity contribution in [1.29, 1.82) is 5.26 Å². The van der Waals surface area contributed by atoms with Gasteiger partial charge < -0.3 is 14.6 Å². The van der Waals surface area contributed by atoms with Crippen LogP contribution in [0.3, 0.4) is 0 Å². The SMILES string of the molecule is CCOc1cc(/C=C(/C#N)c2ccc(C)cc2)cc(Br)c1OCc1cccc(C(=O)O)c1. The highest BCUT2D eigenvalue weighted by Gasteiger charge is 2.13. The van der Waals surface area contributed by atoms with E-state index in [9.17, 15) is 15.2 Å². The largest absolute Gasteiger partial charge is 0.490 e. The zero-order valence-electron chi connectivity index (χ0n) is 17.8. The quantitative estimate of drug-likeness (QED) is 0.287. The lowest BCUT2D eigenvalue weighted by molar-refractivity contribution is 0.0696. The molecule has 0 aromatic heterocycles. The molecule has 162 valence electrons. The number of carbonyl (C=O) groups is 1. The topological polar surface area (TPSA) is 79.5 Å². The fraction of sp³-hybridized carbons (Fsp3) is 0.154. The molecular formula is C26H22BrNO4. The fourth-order valence-electron chi connectivity index (χ4n) is 3.10. The summed E-state index contributed by atoms with van der Waals surface area (Å²) >= 11 is 3.55. The van der Waals surface area contributed by atoms with Crippen LogP contribution in [0.25, 0.3) is 11.6 Å². The maximum absolute atomic E-state index is 11.2. The number of rotatable bonds is 8. The summed E-state index contributed by atoms with van der Waals surface area (Å²) in [6, 6.07) is 20.3. The van der Waals surface area contributed by atoms with E-state index in [-0.39, 0.29) is 12.2 Å². The smallest absolute Gasteiger partial charge is 0.335 e. The maximum atomic E-state index is 11.2. The van der Waals surface area contributed by atoms with Crippen molar-refractivity contribution < 1.29 is 19.4 Å². The Labute approximate surface area is 195 Å². The van der Waals surface area contributed by atoms with Crippen molar-refractivity contribution in [1.82, 2.24) is 0 Å². The van der Waals surface area contributed by atoms with Crippen molar-refractivity contribution in [2.24, 2.45) is 0 Å². The zero-order valence-corrected chi connectivity index (χ0v) is 19.3. The molecule has 5 nitrogen and oxygen atoms in total. The summed E-state index contributed by atoms with van der Waals surface area (Å²) in [5.41, 5.74) is 4.23. The maximum Gasteiger partial charge on any atom is 0.335 e. The minimum absolute atomic E-state index is 0.182. The number of benzene rings is 3. The number of hydrogen-bond acceptors (Lipinski definition) is 4. The second kappa shape index (κ2) is 10.7. The molecule has 32 heavy (non-hydrogen) atoms. The molecule has 0 saturated heterocycles. The summed E-state index contributed by atoms with van der Waals surface area (Å²) < 4.78 is 12.4. The average Bonchev–Trinajstić information content (AvgIpc) is 2.78. The Bertz CT molecular complexity index is 1190. The molecular weight excluding hydrogens is 470 g/mol. The molecule has 0 heterocycles. The van der Waals surface area contributed by atoms with Crippen LogP contribution in [-0.2, 0) is 6.61 Å². The molecule has 0 saturated carbocycles. The number of carboxylic acid groups (broad SMARTS) is 1. The van der Waals surface area contributed by atoms with E-state index < -0.39 is 5.97 Å². The highest BCUT2D eigenvalue weighted by atomic mass is 79.9. The number of aromatic carboxylic acids is 1. The Morgan fingerprint density at radius 3 is 2.50 bits per heavy atom. The van der Waals surface area contributed by atoms with Crippen molar-refractivity contribution in [3.8, 4) is 17.6 Å². The van der Waals surface area contributed by atoms with Gasteiger partial charge in [-0.1, -0.05) is 42.0 Å². The molecule has 3 aromatic rings. The number of nitrogens with zero attached hydrogens (tertiary/aromatic N) is 1. The Morgan fingerprint density at radius 2 is 1.84 bits per heavy atom. The molecule has 1 N–H and O–H groups in total. The van der Waals surface area contributed by atoms with Crippen molar-refractivity contribution in [2.45, 2.75) is 20.5 Å². The van der Waals surface area contributed by atoms with Crippen LogP contribution in [-0.4, -0.2) is 17.7 Å². The summed E-state index contributed by atoms with van der Waals surface area (Å²) in [4.78, 5) is 11.2. The first kappa shape index (κ1) is 23.1. The number of carboxylic acids is 1. The second-order valence-corrected chi connectivity index (χ2v) is 7.95. The van der Waals surface area contributed by atoms with Gasteiger partial charge in [-0.05, 0) is 76.8 Å². The second-order valence-electron chi connectivity index (χ2n) is 7.09. The van der Waals surface area contributed by atoms with E-state index in [2.05, 4.69) is 22.0 Å². The summed E-state index contributed by atoms with van der Waals surface area (Å²) in [5.74, 6) is 0.0586. The third-order valence-corrected chi connectivity index (χ3v) is 5.27. The van der Waals surface area contributed by atoms with Crippen LogP contribution in [0.5, 0.6) is 11.5 Å². The Morgan fingerprint density at radius 1 is 1.09 bits per heavy atom. The molecule has 0 aliphatic carbocycles. The van der Waals surface area contributed by atoms with Crippen molar-refractivity contribution in [3.05, 3.63) is 93.0 Å². The van der Waals surface area contributed by atoms with Gasteiger partial charge in [-0.25, -0.2) is 4.79 Å². The number of allylic oxidation sites excluding steroid dienone is 1. The lowest BCUT2D eigenvalue weighted by Gasteiger charge is -2.15. The molecule has 0 amide bonds. The normalized spacial score (nSPS) is 11.0. The number of aryl methyl sites for hydroxylation is 1. The van der Waals surface area contributed by atoms with Gasteiger partial charge in [0.25, 0.3) is 0 Å². The number of halogens is 1. The van der Waals surface area contributed by atoms with E-state index in [1.165, 1.54) is 6.07 Å². The van der Waals surface area contributed by atoms with Gasteiger partial charge in [0.1, 0.15) is 6.61 Å². The van der Waals surface area contributed by atoms with Gasteiger partial charge in [-0.15, -0.1) is 0 Å². The van der Waals surface area contributed by atoms with Gasteiger partial charge >= 0.3 is 5.97 Å². The third kappa shape index (κ3) is 5.77. The molecule has 0 unspecified atom stereocenters. The standard InChI is InChI=1S/C26H22BrNO4/c1-3-31-24-14-19(12-22(15-28)20-9-7-17(2)8-10-20)13-23(27)25(24)32-16-18-5-4-6-21(11-18)26(29)30/h4-14H,3,16H2,1-2H3,(H,29,30)/b22-12-. The monoisotopic (exact) mass is 491 g/mol. The van der Waals surface area contributed by atoms with Crippen LogP contribution in [0.1, 0.15) is 39.5 Å². The van der Waals surface area contributed by atoms with Crippen LogP contribution >= 0.6 is 15.9 Å². The molecule has 6 heteroatoms. The van der Waals surface area contributed by atoms with Gasteiger partial charge in [0.2, 0.25) is 0 Å².